The lowest BCUT2D eigenvalue weighted by molar-refractivity contribution is 0.0796. The first-order valence-corrected chi connectivity index (χ1v) is 7.94. The highest BCUT2D eigenvalue weighted by Gasteiger charge is 2.12. The van der Waals surface area contributed by atoms with Gasteiger partial charge in [0.05, 0.1) is 24.3 Å². The lowest BCUT2D eigenvalue weighted by Crippen LogP contribution is -2.28. The number of rotatable bonds is 5. The van der Waals surface area contributed by atoms with Crippen molar-refractivity contribution >= 4 is 11.7 Å². The van der Waals surface area contributed by atoms with Crippen LogP contribution in [0.1, 0.15) is 15.9 Å². The van der Waals surface area contributed by atoms with Crippen molar-refractivity contribution in [2.75, 3.05) is 19.3 Å². The summed E-state index contributed by atoms with van der Waals surface area (Å²) in [6, 6.07) is 7.30. The van der Waals surface area contributed by atoms with Gasteiger partial charge in [0.2, 0.25) is 0 Å². The van der Waals surface area contributed by atoms with Crippen molar-refractivity contribution < 1.29 is 4.79 Å². The zero-order chi connectivity index (χ0) is 17.8. The monoisotopic (exact) mass is 336 g/mol. The van der Waals surface area contributed by atoms with Crippen molar-refractivity contribution in [2.45, 2.75) is 6.42 Å². The van der Waals surface area contributed by atoms with E-state index in [1.807, 2.05) is 31.6 Å². The van der Waals surface area contributed by atoms with Crippen molar-refractivity contribution in [3.63, 3.8) is 0 Å². The van der Waals surface area contributed by atoms with E-state index in [0.717, 1.165) is 17.5 Å². The van der Waals surface area contributed by atoms with Gasteiger partial charge in [-0.15, -0.1) is 0 Å². The zero-order valence-corrected chi connectivity index (χ0v) is 14.3. The first-order chi connectivity index (χ1) is 12.0. The number of nitrogens with two attached hydrogens (primary N) is 1. The van der Waals surface area contributed by atoms with Gasteiger partial charge >= 0.3 is 0 Å². The standard InChI is InChI=1S/C18H20N6O/c1-23(8-7-13-9-21-24(2)12-13)18(25)15-5-3-14(4-6-15)16-10-20-11-17(19)22-16/h3-6,9-12H,7-8H2,1-2H3,(H2,19,22). The maximum absolute atomic E-state index is 12.5. The molecule has 0 spiro atoms. The number of hydrogen-bond donors (Lipinski definition) is 1. The number of aryl methyl sites for hydroxylation is 1. The van der Waals surface area contributed by atoms with Crippen LogP contribution in [0.25, 0.3) is 11.3 Å². The smallest absolute Gasteiger partial charge is 0.253 e. The van der Waals surface area contributed by atoms with Crippen LogP contribution in [0.5, 0.6) is 0 Å². The Morgan fingerprint density at radius 1 is 1.20 bits per heavy atom. The van der Waals surface area contributed by atoms with Gasteiger partial charge in [0.15, 0.2) is 0 Å². The molecule has 0 unspecified atom stereocenters. The van der Waals surface area contributed by atoms with E-state index >= 15 is 0 Å². The normalized spacial score (nSPS) is 10.6. The maximum Gasteiger partial charge on any atom is 0.253 e. The fourth-order valence-electron chi connectivity index (χ4n) is 2.52. The molecule has 0 atom stereocenters. The zero-order valence-electron chi connectivity index (χ0n) is 14.3. The van der Waals surface area contributed by atoms with Crippen LogP contribution < -0.4 is 5.73 Å². The second kappa shape index (κ2) is 7.12. The average molecular weight is 336 g/mol. The Morgan fingerprint density at radius 2 is 1.96 bits per heavy atom. The van der Waals surface area contributed by atoms with Crippen LogP contribution in [0.15, 0.2) is 49.1 Å². The molecule has 3 rings (SSSR count). The van der Waals surface area contributed by atoms with Crippen molar-refractivity contribution in [3.8, 4) is 11.3 Å². The summed E-state index contributed by atoms with van der Waals surface area (Å²) in [6.45, 7) is 0.632. The maximum atomic E-state index is 12.5. The van der Waals surface area contributed by atoms with Gasteiger partial charge in [-0.1, -0.05) is 12.1 Å². The van der Waals surface area contributed by atoms with E-state index in [9.17, 15) is 4.79 Å². The van der Waals surface area contributed by atoms with Gasteiger partial charge in [0.25, 0.3) is 5.91 Å². The lowest BCUT2D eigenvalue weighted by atomic mass is 10.1. The van der Waals surface area contributed by atoms with Crippen LogP contribution in [-0.2, 0) is 13.5 Å². The van der Waals surface area contributed by atoms with Gasteiger partial charge < -0.3 is 10.6 Å². The summed E-state index contributed by atoms with van der Waals surface area (Å²) in [6.07, 6.45) is 7.69. The van der Waals surface area contributed by atoms with E-state index in [1.54, 1.807) is 35.0 Å². The predicted molar refractivity (Wildman–Crippen MR) is 95.8 cm³/mol. The largest absolute Gasteiger partial charge is 0.382 e. The van der Waals surface area contributed by atoms with E-state index in [0.29, 0.717) is 23.6 Å². The molecule has 0 aliphatic heterocycles. The SMILES string of the molecule is CN(CCc1cnn(C)c1)C(=O)c1ccc(-c2cncc(N)n2)cc1. The van der Waals surface area contributed by atoms with E-state index in [2.05, 4.69) is 15.1 Å². The molecule has 0 saturated carbocycles. The first kappa shape index (κ1) is 16.6. The summed E-state index contributed by atoms with van der Waals surface area (Å²) in [5.41, 5.74) is 8.95. The van der Waals surface area contributed by atoms with Gasteiger partial charge in [0.1, 0.15) is 5.82 Å². The highest BCUT2D eigenvalue weighted by molar-refractivity contribution is 5.94. The van der Waals surface area contributed by atoms with E-state index < -0.39 is 0 Å². The summed E-state index contributed by atoms with van der Waals surface area (Å²) >= 11 is 0. The van der Waals surface area contributed by atoms with Crippen molar-refractivity contribution in [1.82, 2.24) is 24.6 Å². The number of benzene rings is 1. The molecule has 0 aliphatic rings. The molecule has 7 heteroatoms. The van der Waals surface area contributed by atoms with Crippen molar-refractivity contribution in [1.29, 1.82) is 0 Å². The fourth-order valence-corrected chi connectivity index (χ4v) is 2.52. The number of nitrogens with zero attached hydrogens (tertiary/aromatic N) is 5. The number of anilines is 1. The summed E-state index contributed by atoms with van der Waals surface area (Å²) in [7, 11) is 3.68. The molecule has 0 aliphatic carbocycles. The van der Waals surface area contributed by atoms with E-state index in [-0.39, 0.29) is 5.91 Å². The molecule has 3 aromatic rings. The second-order valence-corrected chi connectivity index (χ2v) is 5.91. The molecule has 0 fully saturated rings. The molecule has 2 heterocycles. The number of carbonyl (C=O) groups is 1. The highest BCUT2D eigenvalue weighted by atomic mass is 16.2. The second-order valence-electron chi connectivity index (χ2n) is 5.91. The van der Waals surface area contributed by atoms with Gasteiger partial charge in [0, 0.05) is 38.0 Å². The summed E-state index contributed by atoms with van der Waals surface area (Å²) in [5, 5.41) is 4.14. The van der Waals surface area contributed by atoms with Gasteiger partial charge in [-0.3, -0.25) is 14.5 Å². The van der Waals surface area contributed by atoms with E-state index in [4.69, 9.17) is 5.73 Å². The van der Waals surface area contributed by atoms with Gasteiger partial charge in [-0.2, -0.15) is 5.10 Å². The number of nitrogen functional groups attached to an aromatic ring is 1. The highest BCUT2D eigenvalue weighted by Crippen LogP contribution is 2.18. The third-order valence-corrected chi connectivity index (χ3v) is 3.92. The summed E-state index contributed by atoms with van der Waals surface area (Å²) < 4.78 is 1.76. The average Bonchev–Trinajstić information content (AvgIpc) is 3.04. The molecule has 0 radical (unpaired) electrons. The Hall–Kier alpha value is -3.22. The minimum absolute atomic E-state index is 0.0194. The lowest BCUT2D eigenvalue weighted by Gasteiger charge is -2.17. The number of carbonyl (C=O) groups excluding carboxylic acids is 1. The van der Waals surface area contributed by atoms with Crippen LogP contribution >= 0.6 is 0 Å². The Kier molecular flexibility index (Phi) is 4.74. The summed E-state index contributed by atoms with van der Waals surface area (Å²) in [4.78, 5) is 22.5. The predicted octanol–water partition coefficient (Wildman–Crippen LogP) is 1.77. The molecule has 0 saturated heterocycles. The molecular formula is C18H20N6O. The van der Waals surface area contributed by atoms with Gasteiger partial charge in [-0.05, 0) is 24.1 Å². The number of hydrogen-bond acceptors (Lipinski definition) is 5. The van der Waals surface area contributed by atoms with Gasteiger partial charge in [-0.25, -0.2) is 4.98 Å². The molecule has 0 bridgehead atoms. The molecule has 25 heavy (non-hydrogen) atoms. The molecule has 1 amide bonds. The minimum Gasteiger partial charge on any atom is -0.382 e. The number of amides is 1. The van der Waals surface area contributed by atoms with Crippen LogP contribution in [-0.4, -0.2) is 44.1 Å². The molecule has 128 valence electrons. The van der Waals surface area contributed by atoms with Crippen molar-refractivity contribution in [2.24, 2.45) is 7.05 Å². The van der Waals surface area contributed by atoms with Crippen LogP contribution in [0.4, 0.5) is 5.82 Å². The first-order valence-electron chi connectivity index (χ1n) is 7.94. The number of likely N-dealkylation sites (N-methyl/N-ethyl adjacent to an activating group) is 1. The Morgan fingerprint density at radius 3 is 2.60 bits per heavy atom. The summed E-state index contributed by atoms with van der Waals surface area (Å²) in [5.74, 6) is 0.349. The Labute approximate surface area is 146 Å². The molecule has 7 nitrogen and oxygen atoms in total. The quantitative estimate of drug-likeness (QED) is 0.767. The molecule has 2 aromatic heterocycles. The minimum atomic E-state index is -0.0194. The van der Waals surface area contributed by atoms with Crippen LogP contribution in [0.2, 0.25) is 0 Å². The third-order valence-electron chi connectivity index (χ3n) is 3.92. The molecule has 1 aromatic carbocycles. The molecular weight excluding hydrogens is 316 g/mol. The Balaban J connectivity index is 1.65. The van der Waals surface area contributed by atoms with E-state index in [1.165, 1.54) is 6.20 Å². The third kappa shape index (κ3) is 4.00. The number of aromatic nitrogens is 4. The fraction of sp³-hybridized carbons (Fsp3) is 0.222. The van der Waals surface area contributed by atoms with Crippen LogP contribution in [0, 0.1) is 0 Å². The Bertz CT molecular complexity index is 871. The molecule has 2 N–H and O–H groups in total. The topological polar surface area (TPSA) is 89.9 Å². The van der Waals surface area contributed by atoms with Crippen LogP contribution in [0.3, 0.4) is 0 Å². The van der Waals surface area contributed by atoms with Crippen molar-refractivity contribution in [3.05, 3.63) is 60.2 Å².